The molecule has 1 saturated heterocycles. The van der Waals surface area contributed by atoms with Crippen LogP contribution in [-0.2, 0) is 39.0 Å². The molecule has 4 heterocycles. The second-order valence-electron chi connectivity index (χ2n) is 7.53. The molecule has 28 heavy (non-hydrogen) atoms. The molecule has 154 valence electrons. The first-order chi connectivity index (χ1) is 13.5. The van der Waals surface area contributed by atoms with E-state index in [1.165, 1.54) is 16.0 Å². The maximum absolute atomic E-state index is 11.3. The van der Waals surface area contributed by atoms with Gasteiger partial charge < -0.3 is 9.47 Å². The van der Waals surface area contributed by atoms with Crippen LogP contribution in [0.4, 0.5) is 0 Å². The average Bonchev–Trinajstić information content (AvgIpc) is 3.29. The van der Waals surface area contributed by atoms with Crippen molar-refractivity contribution in [3.8, 4) is 0 Å². The molecular weight excluding hydrogens is 418 g/mol. The summed E-state index contributed by atoms with van der Waals surface area (Å²) in [4.78, 5) is 3.70. The molecule has 9 heteroatoms. The Morgan fingerprint density at radius 1 is 1.46 bits per heavy atom. The lowest BCUT2D eigenvalue weighted by atomic mass is 9.84. The van der Waals surface area contributed by atoms with Crippen LogP contribution in [0.5, 0.6) is 0 Å². The molecule has 0 radical (unpaired) electrons. The number of rotatable bonds is 6. The number of methoxy groups -OCH3 is 1. The number of hydrogen-bond donors (Lipinski definition) is 0. The van der Waals surface area contributed by atoms with Gasteiger partial charge in [-0.2, -0.15) is 5.10 Å². The van der Waals surface area contributed by atoms with Crippen LogP contribution in [0.1, 0.15) is 34.9 Å². The Hall–Kier alpha value is -0.770. The maximum Gasteiger partial charge on any atom is 0.107 e. The number of likely N-dealkylation sites (tertiary alicyclic amines) is 1. The van der Waals surface area contributed by atoms with Crippen molar-refractivity contribution in [1.29, 1.82) is 0 Å². The van der Waals surface area contributed by atoms with Gasteiger partial charge in [0.15, 0.2) is 0 Å². The normalized spacial score (nSPS) is 23.0. The lowest BCUT2D eigenvalue weighted by Crippen LogP contribution is -2.46. The van der Waals surface area contributed by atoms with Crippen molar-refractivity contribution in [2.24, 2.45) is 0 Å². The molecule has 0 aromatic carbocycles. The fourth-order valence-electron chi connectivity index (χ4n) is 4.09. The molecule has 2 aliphatic rings. The summed E-state index contributed by atoms with van der Waals surface area (Å²) in [5, 5.41) is 4.39. The van der Waals surface area contributed by atoms with Crippen LogP contribution in [0, 0.1) is 0 Å². The number of halogens is 1. The smallest absolute Gasteiger partial charge is 0.107 e. The summed E-state index contributed by atoms with van der Waals surface area (Å²) in [5.74, 6) is 0.638. The van der Waals surface area contributed by atoms with Gasteiger partial charge in [-0.25, -0.2) is 0 Å². The second kappa shape index (κ2) is 8.53. The van der Waals surface area contributed by atoms with Crippen molar-refractivity contribution in [3.63, 3.8) is 0 Å². The van der Waals surface area contributed by atoms with Gasteiger partial charge in [0.25, 0.3) is 0 Å². The van der Waals surface area contributed by atoms with Crippen LogP contribution in [0.3, 0.4) is 0 Å². The molecule has 2 atom stereocenters. The average molecular weight is 444 g/mol. The molecule has 1 spiro atoms. The number of aromatic nitrogens is 2. The fraction of sp³-hybridized carbons (Fsp3) is 0.632. The quantitative estimate of drug-likeness (QED) is 0.686. The Labute approximate surface area is 177 Å². The lowest BCUT2D eigenvalue weighted by molar-refractivity contribution is -0.135. The van der Waals surface area contributed by atoms with E-state index in [0.717, 1.165) is 36.8 Å². The first-order valence-corrected chi connectivity index (χ1v) is 12.4. The molecule has 2 aromatic rings. The monoisotopic (exact) mass is 443 g/mol. The zero-order valence-corrected chi connectivity index (χ0v) is 18.6. The molecule has 0 saturated carbocycles. The van der Waals surface area contributed by atoms with Gasteiger partial charge in [0.1, 0.15) is 11.7 Å². The molecule has 0 bridgehead atoms. The third kappa shape index (κ3) is 4.22. The third-order valence-electron chi connectivity index (χ3n) is 5.65. The zero-order chi connectivity index (χ0) is 19.7. The Kier molecular flexibility index (Phi) is 6.25. The van der Waals surface area contributed by atoms with Gasteiger partial charge in [-0.1, -0.05) is 11.6 Å². The van der Waals surface area contributed by atoms with Crippen LogP contribution >= 0.6 is 22.9 Å². The molecular formula is C19H26ClN3O3S2. The van der Waals surface area contributed by atoms with Crippen molar-refractivity contribution < 1.29 is 13.7 Å². The van der Waals surface area contributed by atoms with Crippen molar-refractivity contribution in [1.82, 2.24) is 14.7 Å². The standard InChI is InChI=1S/C19H26ClN3O3S2/c1-25-16-13-26-19(18-15(16)9-17(20)27-18)3-5-22(6-4-19)11-14-10-21-23(12-14)7-8-28(2)24/h9-10,12,16H,3-8,11,13H2,1-2H3. The summed E-state index contributed by atoms with van der Waals surface area (Å²) < 4.78 is 25.9. The number of thiophene rings is 1. The number of ether oxygens (including phenoxy) is 2. The summed E-state index contributed by atoms with van der Waals surface area (Å²) in [7, 11) is 0.933. The van der Waals surface area contributed by atoms with Gasteiger partial charge in [-0.05, 0) is 18.9 Å². The minimum Gasteiger partial charge on any atom is -0.374 e. The number of hydrogen-bond acceptors (Lipinski definition) is 6. The molecule has 6 nitrogen and oxygen atoms in total. The van der Waals surface area contributed by atoms with E-state index < -0.39 is 10.8 Å². The summed E-state index contributed by atoms with van der Waals surface area (Å²) in [6.07, 6.45) is 7.59. The Morgan fingerprint density at radius 2 is 2.25 bits per heavy atom. The van der Waals surface area contributed by atoms with E-state index >= 15 is 0 Å². The molecule has 2 aromatic heterocycles. The van der Waals surface area contributed by atoms with E-state index in [4.69, 9.17) is 21.1 Å². The Bertz CT molecular complexity index is 845. The summed E-state index contributed by atoms with van der Waals surface area (Å²) >= 11 is 7.96. The van der Waals surface area contributed by atoms with Crippen molar-refractivity contribution >= 4 is 33.7 Å². The van der Waals surface area contributed by atoms with Gasteiger partial charge >= 0.3 is 0 Å². The van der Waals surface area contributed by atoms with E-state index in [1.807, 2.05) is 16.9 Å². The molecule has 0 aliphatic carbocycles. The van der Waals surface area contributed by atoms with E-state index in [-0.39, 0.29) is 11.7 Å². The number of nitrogens with zero attached hydrogens (tertiary/aromatic N) is 3. The minimum atomic E-state index is -0.792. The predicted octanol–water partition coefficient (Wildman–Crippen LogP) is 3.19. The summed E-state index contributed by atoms with van der Waals surface area (Å²) in [5.41, 5.74) is 2.17. The van der Waals surface area contributed by atoms with Crippen molar-refractivity contribution in [2.45, 2.75) is 37.6 Å². The number of aryl methyl sites for hydroxylation is 1. The van der Waals surface area contributed by atoms with Crippen molar-refractivity contribution in [3.05, 3.63) is 38.8 Å². The first-order valence-electron chi connectivity index (χ1n) is 9.49. The number of fused-ring (bicyclic) bond motifs is 2. The van der Waals surface area contributed by atoms with Crippen LogP contribution in [0.25, 0.3) is 0 Å². The minimum absolute atomic E-state index is 0.0225. The van der Waals surface area contributed by atoms with Crippen LogP contribution in [-0.4, -0.2) is 57.7 Å². The van der Waals surface area contributed by atoms with E-state index in [9.17, 15) is 4.21 Å². The molecule has 1 fully saturated rings. The van der Waals surface area contributed by atoms with Gasteiger partial charge in [0, 0.05) is 71.8 Å². The highest BCUT2D eigenvalue weighted by Gasteiger charge is 2.45. The molecule has 0 amide bonds. The van der Waals surface area contributed by atoms with Gasteiger partial charge in [0.2, 0.25) is 0 Å². The molecule has 4 rings (SSSR count). The van der Waals surface area contributed by atoms with E-state index in [1.54, 1.807) is 24.7 Å². The highest BCUT2D eigenvalue weighted by atomic mass is 35.5. The molecule has 2 aliphatic heterocycles. The third-order valence-corrected chi connectivity index (χ3v) is 7.87. The van der Waals surface area contributed by atoms with Crippen LogP contribution < -0.4 is 0 Å². The predicted molar refractivity (Wildman–Crippen MR) is 112 cm³/mol. The first kappa shape index (κ1) is 20.5. The highest BCUT2D eigenvalue weighted by Crippen LogP contribution is 2.49. The molecule has 2 unspecified atom stereocenters. The lowest BCUT2D eigenvalue weighted by Gasteiger charge is -2.45. The van der Waals surface area contributed by atoms with E-state index in [0.29, 0.717) is 18.9 Å². The summed E-state index contributed by atoms with van der Waals surface area (Å²) in [6.45, 7) is 4.10. The molecule has 0 N–H and O–H groups in total. The van der Waals surface area contributed by atoms with Gasteiger partial charge in [0.05, 0.1) is 23.7 Å². The largest absolute Gasteiger partial charge is 0.374 e. The van der Waals surface area contributed by atoms with Gasteiger partial charge in [-0.3, -0.25) is 13.8 Å². The van der Waals surface area contributed by atoms with Crippen LogP contribution in [0.15, 0.2) is 18.5 Å². The SMILES string of the molecule is COC1COC2(CCN(Cc3cnn(CCS(C)=O)c3)CC2)c2sc(Cl)cc21. The van der Waals surface area contributed by atoms with Gasteiger partial charge in [-0.15, -0.1) is 11.3 Å². The Balaban J connectivity index is 1.39. The number of piperidine rings is 1. The topological polar surface area (TPSA) is 56.6 Å². The summed E-state index contributed by atoms with van der Waals surface area (Å²) in [6, 6.07) is 2.05. The van der Waals surface area contributed by atoms with Crippen LogP contribution in [0.2, 0.25) is 4.34 Å². The maximum atomic E-state index is 11.3. The fourth-order valence-corrected chi connectivity index (χ4v) is 6.02. The van der Waals surface area contributed by atoms with E-state index in [2.05, 4.69) is 16.2 Å². The van der Waals surface area contributed by atoms with Crippen molar-refractivity contribution in [2.75, 3.05) is 38.8 Å². The second-order valence-corrected chi connectivity index (χ2v) is 10.8. The highest BCUT2D eigenvalue weighted by molar-refractivity contribution is 7.84. The Morgan fingerprint density at radius 3 is 2.96 bits per heavy atom. The zero-order valence-electron chi connectivity index (χ0n) is 16.2.